The van der Waals surface area contributed by atoms with Crippen LogP contribution in [0.1, 0.15) is 29.2 Å². The molecule has 2 unspecified atom stereocenters. The average Bonchev–Trinajstić information content (AvgIpc) is 2.90. The second-order valence-corrected chi connectivity index (χ2v) is 7.55. The normalized spacial score (nSPS) is 24.0. The Labute approximate surface area is 160 Å². The van der Waals surface area contributed by atoms with Crippen LogP contribution >= 0.6 is 11.8 Å². The van der Waals surface area contributed by atoms with Crippen molar-refractivity contribution in [2.45, 2.75) is 25.0 Å². The minimum Gasteiger partial charge on any atom is -0.485 e. The van der Waals surface area contributed by atoms with Gasteiger partial charge >= 0.3 is 0 Å². The van der Waals surface area contributed by atoms with Gasteiger partial charge in [-0.15, -0.1) is 0 Å². The van der Waals surface area contributed by atoms with Crippen molar-refractivity contribution in [3.05, 3.63) is 64.7 Å². The Morgan fingerprint density at radius 2 is 2.07 bits per heavy atom. The predicted molar refractivity (Wildman–Crippen MR) is 101 cm³/mol. The summed E-state index contributed by atoms with van der Waals surface area (Å²) >= 11 is 1.37. The molecule has 4 nitrogen and oxygen atoms in total. The van der Waals surface area contributed by atoms with Gasteiger partial charge in [0.1, 0.15) is 11.9 Å². The topological polar surface area (TPSA) is 41.9 Å². The maximum Gasteiger partial charge on any atom is 0.261 e. The number of benzene rings is 2. The van der Waals surface area contributed by atoms with Crippen molar-refractivity contribution in [2.75, 3.05) is 13.3 Å². The van der Waals surface area contributed by atoms with Crippen LogP contribution in [0.3, 0.4) is 0 Å². The highest BCUT2D eigenvalue weighted by molar-refractivity contribution is 8.13. The lowest BCUT2D eigenvalue weighted by molar-refractivity contribution is -0.132. The Kier molecular flexibility index (Phi) is 4.22. The maximum atomic E-state index is 14.4. The molecule has 0 radical (unpaired) electrons. The van der Waals surface area contributed by atoms with E-state index in [1.54, 1.807) is 13.1 Å². The van der Waals surface area contributed by atoms with Crippen molar-refractivity contribution in [1.29, 1.82) is 0 Å². The summed E-state index contributed by atoms with van der Waals surface area (Å²) in [5, 5.41) is 0.591. The van der Waals surface area contributed by atoms with Gasteiger partial charge in [-0.1, -0.05) is 35.5 Å². The van der Waals surface area contributed by atoms with Crippen molar-refractivity contribution >= 4 is 22.8 Å². The second kappa shape index (κ2) is 6.34. The Bertz CT molecular complexity index is 978. The molecule has 2 aliphatic rings. The van der Waals surface area contributed by atoms with E-state index >= 15 is 0 Å². The van der Waals surface area contributed by atoms with E-state index < -0.39 is 23.3 Å². The van der Waals surface area contributed by atoms with Crippen LogP contribution in [-0.2, 0) is 10.3 Å². The molecule has 0 saturated heterocycles. The highest BCUT2D eigenvalue weighted by Crippen LogP contribution is 2.51. The van der Waals surface area contributed by atoms with E-state index in [0.717, 1.165) is 11.6 Å². The molecule has 0 N–H and O–H groups in total. The molecule has 4 rings (SSSR count). The Balaban J connectivity index is 1.91. The van der Waals surface area contributed by atoms with Crippen molar-refractivity contribution in [1.82, 2.24) is 4.90 Å². The van der Waals surface area contributed by atoms with Gasteiger partial charge in [-0.2, -0.15) is 0 Å². The molecule has 2 aromatic carbocycles. The van der Waals surface area contributed by atoms with Crippen LogP contribution < -0.4 is 4.74 Å². The summed E-state index contributed by atoms with van der Waals surface area (Å²) in [6.07, 6.45) is 1.14. The van der Waals surface area contributed by atoms with Gasteiger partial charge in [-0.3, -0.25) is 9.69 Å². The van der Waals surface area contributed by atoms with E-state index in [1.807, 2.05) is 25.3 Å². The van der Waals surface area contributed by atoms with E-state index in [2.05, 4.69) is 0 Å². The van der Waals surface area contributed by atoms with Crippen LogP contribution in [0.4, 0.5) is 8.78 Å². The highest BCUT2D eigenvalue weighted by atomic mass is 32.2. The zero-order chi connectivity index (χ0) is 19.3. The van der Waals surface area contributed by atoms with E-state index in [0.29, 0.717) is 16.5 Å². The van der Waals surface area contributed by atoms with Gasteiger partial charge in [0.05, 0.1) is 0 Å². The van der Waals surface area contributed by atoms with E-state index in [9.17, 15) is 13.6 Å². The SMILES string of the molecule is CSC1=NC2(CC(c3cccc(F)c3F)Oc3ccc(C)cc32)C(=O)N1C. The lowest BCUT2D eigenvalue weighted by atomic mass is 9.79. The van der Waals surface area contributed by atoms with Gasteiger partial charge in [-0.05, 0) is 31.4 Å². The first-order valence-corrected chi connectivity index (χ1v) is 9.73. The minimum atomic E-state index is -1.20. The highest BCUT2D eigenvalue weighted by Gasteiger charge is 2.54. The summed E-state index contributed by atoms with van der Waals surface area (Å²) in [7, 11) is 1.68. The largest absolute Gasteiger partial charge is 0.485 e. The molecule has 0 aliphatic carbocycles. The average molecular weight is 388 g/mol. The number of fused-ring (bicyclic) bond motifs is 2. The van der Waals surface area contributed by atoms with Crippen LogP contribution in [0.15, 0.2) is 41.4 Å². The molecule has 140 valence electrons. The fourth-order valence-electron chi connectivity index (χ4n) is 3.73. The van der Waals surface area contributed by atoms with Gasteiger partial charge in [0, 0.05) is 24.6 Å². The fourth-order valence-corrected chi connectivity index (χ4v) is 4.33. The van der Waals surface area contributed by atoms with E-state index in [1.165, 1.54) is 28.8 Å². The molecule has 2 heterocycles. The number of carbonyl (C=O) groups excluding carboxylic acids is 1. The summed E-state index contributed by atoms with van der Waals surface area (Å²) < 4.78 is 34.2. The third kappa shape index (κ3) is 2.64. The monoisotopic (exact) mass is 388 g/mol. The summed E-state index contributed by atoms with van der Waals surface area (Å²) in [4.78, 5) is 19.5. The Hall–Kier alpha value is -2.41. The van der Waals surface area contributed by atoms with Crippen LogP contribution in [0.5, 0.6) is 5.75 Å². The number of ether oxygens (including phenoxy) is 1. The van der Waals surface area contributed by atoms with E-state index in [4.69, 9.17) is 9.73 Å². The third-order valence-corrected chi connectivity index (χ3v) is 5.80. The molecule has 1 spiro atoms. The summed E-state index contributed by atoms with van der Waals surface area (Å²) in [5.41, 5.74) is 0.520. The number of hydrogen-bond donors (Lipinski definition) is 0. The quantitative estimate of drug-likeness (QED) is 0.736. The van der Waals surface area contributed by atoms with Crippen molar-refractivity contribution in [2.24, 2.45) is 4.99 Å². The van der Waals surface area contributed by atoms with Crippen molar-refractivity contribution in [3.8, 4) is 5.75 Å². The molecule has 7 heteroatoms. The first-order chi connectivity index (χ1) is 12.9. The maximum absolute atomic E-state index is 14.4. The molecular weight excluding hydrogens is 370 g/mol. The summed E-state index contributed by atoms with van der Waals surface area (Å²) in [6.45, 7) is 1.93. The molecule has 0 aromatic heterocycles. The molecule has 27 heavy (non-hydrogen) atoms. The van der Waals surface area contributed by atoms with Crippen molar-refractivity contribution in [3.63, 3.8) is 0 Å². The number of hydrogen-bond acceptors (Lipinski definition) is 4. The van der Waals surface area contributed by atoms with Gasteiger partial charge in [-0.25, -0.2) is 13.8 Å². The Morgan fingerprint density at radius 1 is 1.30 bits per heavy atom. The molecule has 0 fully saturated rings. The summed E-state index contributed by atoms with van der Waals surface area (Å²) in [6, 6.07) is 9.49. The lowest BCUT2D eigenvalue weighted by Crippen LogP contribution is -2.42. The number of carbonyl (C=O) groups is 1. The zero-order valence-corrected chi connectivity index (χ0v) is 15.9. The van der Waals surface area contributed by atoms with Gasteiger partial charge in [0.2, 0.25) is 0 Å². The van der Waals surface area contributed by atoms with Crippen LogP contribution in [0.25, 0.3) is 0 Å². The first kappa shape index (κ1) is 18.0. The van der Waals surface area contributed by atoms with Gasteiger partial charge < -0.3 is 4.74 Å². The zero-order valence-electron chi connectivity index (χ0n) is 15.1. The van der Waals surface area contributed by atoms with E-state index in [-0.39, 0.29) is 17.9 Å². The van der Waals surface area contributed by atoms with Crippen LogP contribution in [0, 0.1) is 18.6 Å². The first-order valence-electron chi connectivity index (χ1n) is 8.51. The number of likely N-dealkylation sites (N-methyl/N-ethyl adjacent to an activating group) is 1. The minimum absolute atomic E-state index is 0.0869. The number of thioether (sulfide) groups is 1. The number of rotatable bonds is 1. The number of amides is 1. The number of halogens is 2. The number of nitrogens with zero attached hydrogens (tertiary/aromatic N) is 2. The van der Waals surface area contributed by atoms with Gasteiger partial charge in [0.15, 0.2) is 22.3 Å². The smallest absolute Gasteiger partial charge is 0.261 e. The second-order valence-electron chi connectivity index (χ2n) is 6.78. The Morgan fingerprint density at radius 3 is 2.78 bits per heavy atom. The van der Waals surface area contributed by atoms with Crippen LogP contribution in [-0.4, -0.2) is 29.3 Å². The number of aliphatic imine (C=N–C) groups is 1. The van der Waals surface area contributed by atoms with Gasteiger partial charge in [0.25, 0.3) is 5.91 Å². The predicted octanol–water partition coefficient (Wildman–Crippen LogP) is 4.18. The lowest BCUT2D eigenvalue weighted by Gasteiger charge is -2.37. The number of aryl methyl sites for hydroxylation is 1. The molecule has 2 atom stereocenters. The summed E-state index contributed by atoms with van der Waals surface area (Å²) in [5.74, 6) is -1.62. The standard InChI is InChI=1S/C20H18F2N2O2S/c1-11-7-8-15-13(9-11)20(18(25)24(2)19(23-20)27-3)10-16(26-15)12-5-4-6-14(21)17(12)22/h4-9,16H,10H2,1-3H3. The molecule has 2 aliphatic heterocycles. The van der Waals surface area contributed by atoms with Crippen LogP contribution in [0.2, 0.25) is 0 Å². The number of amidine groups is 1. The molecule has 0 bridgehead atoms. The third-order valence-electron chi connectivity index (χ3n) is 5.07. The fraction of sp³-hybridized carbons (Fsp3) is 0.300. The molecule has 1 amide bonds. The molecule has 2 aromatic rings. The molecule has 0 saturated carbocycles. The van der Waals surface area contributed by atoms with Crippen molar-refractivity contribution < 1.29 is 18.3 Å². The molecular formula is C20H18F2N2O2S.